The Labute approximate surface area is 139 Å². The summed E-state index contributed by atoms with van der Waals surface area (Å²) in [6, 6.07) is 1.61. The third-order valence-corrected chi connectivity index (χ3v) is 8.72. The number of sulfonamides is 1. The average Bonchev–Trinajstić information content (AvgIpc) is 2.61. The zero-order valence-corrected chi connectivity index (χ0v) is 15.6. The zero-order chi connectivity index (χ0) is 14.9. The SMILES string of the molecule is CC(=O)N1CCCN(S(=O)(=O)c2cc(Br)c(Br)s2)CC1. The summed E-state index contributed by atoms with van der Waals surface area (Å²) >= 11 is 7.81. The molecule has 2 heterocycles. The van der Waals surface area contributed by atoms with Gasteiger partial charge in [0.25, 0.3) is 10.0 Å². The van der Waals surface area contributed by atoms with E-state index >= 15 is 0 Å². The summed E-state index contributed by atoms with van der Waals surface area (Å²) in [5.74, 6) is -0.00846. The van der Waals surface area contributed by atoms with Crippen LogP contribution in [0.25, 0.3) is 0 Å². The van der Waals surface area contributed by atoms with E-state index in [2.05, 4.69) is 31.9 Å². The molecular formula is C11H14Br2N2O3S2. The van der Waals surface area contributed by atoms with Gasteiger partial charge in [-0.1, -0.05) is 0 Å². The van der Waals surface area contributed by atoms with E-state index in [-0.39, 0.29) is 5.91 Å². The molecule has 9 heteroatoms. The molecule has 0 aliphatic carbocycles. The van der Waals surface area contributed by atoms with Gasteiger partial charge in [0.1, 0.15) is 4.21 Å². The molecule has 1 aromatic rings. The fraction of sp³-hybridized carbons (Fsp3) is 0.545. The first kappa shape index (κ1) is 16.4. The van der Waals surface area contributed by atoms with E-state index in [9.17, 15) is 13.2 Å². The van der Waals surface area contributed by atoms with Gasteiger partial charge in [0.2, 0.25) is 5.91 Å². The normalized spacial score (nSPS) is 18.1. The number of carbonyl (C=O) groups is 1. The Morgan fingerprint density at radius 3 is 2.50 bits per heavy atom. The lowest BCUT2D eigenvalue weighted by molar-refractivity contribution is -0.128. The molecule has 0 N–H and O–H groups in total. The van der Waals surface area contributed by atoms with Gasteiger partial charge in [0.05, 0.1) is 3.79 Å². The summed E-state index contributed by atoms with van der Waals surface area (Å²) in [5, 5.41) is 0. The molecule has 1 aromatic heterocycles. The highest BCUT2D eigenvalue weighted by Gasteiger charge is 2.29. The standard InChI is InChI=1S/C11H14Br2N2O3S2/c1-8(16)14-3-2-4-15(6-5-14)20(17,18)10-7-9(12)11(13)19-10/h7H,2-6H2,1H3. The van der Waals surface area contributed by atoms with E-state index in [1.54, 1.807) is 11.0 Å². The number of amides is 1. The molecule has 5 nitrogen and oxygen atoms in total. The summed E-state index contributed by atoms with van der Waals surface area (Å²) in [6.45, 7) is 3.35. The van der Waals surface area contributed by atoms with E-state index in [0.29, 0.717) is 36.8 Å². The molecule has 1 fully saturated rings. The summed E-state index contributed by atoms with van der Waals surface area (Å²) in [4.78, 5) is 13.1. The van der Waals surface area contributed by atoms with Crippen molar-refractivity contribution in [3.63, 3.8) is 0 Å². The number of hydrogen-bond donors (Lipinski definition) is 0. The van der Waals surface area contributed by atoms with Gasteiger partial charge in [-0.15, -0.1) is 11.3 Å². The largest absolute Gasteiger partial charge is 0.342 e. The molecule has 0 aromatic carbocycles. The molecule has 2 rings (SSSR count). The number of rotatable bonds is 2. The van der Waals surface area contributed by atoms with Crippen molar-refractivity contribution in [1.82, 2.24) is 9.21 Å². The third-order valence-electron chi connectivity index (χ3n) is 3.12. The van der Waals surface area contributed by atoms with Crippen LogP contribution in [-0.4, -0.2) is 49.7 Å². The van der Waals surface area contributed by atoms with E-state index < -0.39 is 10.0 Å². The van der Waals surface area contributed by atoms with Crippen molar-refractivity contribution >= 4 is 59.1 Å². The van der Waals surface area contributed by atoms with Crippen LogP contribution >= 0.6 is 43.2 Å². The van der Waals surface area contributed by atoms with Crippen LogP contribution in [0.15, 0.2) is 18.5 Å². The third kappa shape index (κ3) is 3.44. The van der Waals surface area contributed by atoms with Gasteiger partial charge in [-0.25, -0.2) is 8.42 Å². The Kier molecular flexibility index (Phi) is 5.28. The Balaban J connectivity index is 2.20. The minimum Gasteiger partial charge on any atom is -0.342 e. The first-order chi connectivity index (χ1) is 9.32. The summed E-state index contributed by atoms with van der Waals surface area (Å²) in [7, 11) is -3.48. The monoisotopic (exact) mass is 444 g/mol. The first-order valence-electron chi connectivity index (χ1n) is 6.03. The van der Waals surface area contributed by atoms with Crippen LogP contribution in [0, 0.1) is 0 Å². The van der Waals surface area contributed by atoms with E-state index in [4.69, 9.17) is 0 Å². The van der Waals surface area contributed by atoms with Gasteiger partial charge in [-0.2, -0.15) is 4.31 Å². The van der Waals surface area contributed by atoms with Crippen LogP contribution in [0.1, 0.15) is 13.3 Å². The van der Waals surface area contributed by atoms with Crippen LogP contribution in [-0.2, 0) is 14.8 Å². The van der Waals surface area contributed by atoms with Crippen molar-refractivity contribution in [2.75, 3.05) is 26.2 Å². The van der Waals surface area contributed by atoms with Crippen molar-refractivity contribution in [2.24, 2.45) is 0 Å². The van der Waals surface area contributed by atoms with Crippen molar-refractivity contribution in [1.29, 1.82) is 0 Å². The van der Waals surface area contributed by atoms with Crippen LogP contribution in [0.5, 0.6) is 0 Å². The van der Waals surface area contributed by atoms with Crippen molar-refractivity contribution in [3.8, 4) is 0 Å². The fourth-order valence-electron chi connectivity index (χ4n) is 2.03. The molecule has 1 aliphatic rings. The van der Waals surface area contributed by atoms with E-state index in [0.717, 1.165) is 8.26 Å². The molecule has 0 atom stereocenters. The van der Waals surface area contributed by atoms with Gasteiger partial charge in [0.15, 0.2) is 0 Å². The highest BCUT2D eigenvalue weighted by molar-refractivity contribution is 9.13. The van der Waals surface area contributed by atoms with E-state index in [1.807, 2.05) is 0 Å². The number of thiophene rings is 1. The molecule has 20 heavy (non-hydrogen) atoms. The maximum atomic E-state index is 12.6. The molecule has 0 bridgehead atoms. The Morgan fingerprint density at radius 1 is 1.25 bits per heavy atom. The molecule has 0 spiro atoms. The predicted octanol–water partition coefficient (Wildman–Crippen LogP) is 2.52. The number of nitrogens with zero attached hydrogens (tertiary/aromatic N) is 2. The van der Waals surface area contributed by atoms with Crippen LogP contribution in [0.3, 0.4) is 0 Å². The zero-order valence-electron chi connectivity index (χ0n) is 10.8. The fourth-order valence-corrected chi connectivity index (χ4v) is 6.47. The van der Waals surface area contributed by atoms with Crippen molar-refractivity contribution in [3.05, 3.63) is 14.3 Å². The lowest BCUT2D eigenvalue weighted by Crippen LogP contribution is -2.36. The Hall–Kier alpha value is 0.0400. The Bertz CT molecular complexity index is 596. The highest BCUT2D eigenvalue weighted by Crippen LogP contribution is 2.36. The molecule has 112 valence electrons. The molecule has 0 radical (unpaired) electrons. The topological polar surface area (TPSA) is 57.7 Å². The summed E-state index contributed by atoms with van der Waals surface area (Å²) < 4.78 is 28.4. The second kappa shape index (κ2) is 6.43. The molecule has 0 unspecified atom stereocenters. The maximum Gasteiger partial charge on any atom is 0.252 e. The average molecular weight is 446 g/mol. The van der Waals surface area contributed by atoms with Crippen LogP contribution in [0.4, 0.5) is 0 Å². The molecule has 1 amide bonds. The second-order valence-electron chi connectivity index (χ2n) is 4.45. The lowest BCUT2D eigenvalue weighted by atomic mass is 10.4. The predicted molar refractivity (Wildman–Crippen MR) is 85.3 cm³/mol. The van der Waals surface area contributed by atoms with Crippen LogP contribution in [0.2, 0.25) is 0 Å². The number of hydrogen-bond acceptors (Lipinski definition) is 4. The minimum absolute atomic E-state index is 0.00846. The quantitative estimate of drug-likeness (QED) is 0.702. The smallest absolute Gasteiger partial charge is 0.252 e. The lowest BCUT2D eigenvalue weighted by Gasteiger charge is -2.20. The van der Waals surface area contributed by atoms with Gasteiger partial charge in [0, 0.05) is 37.6 Å². The van der Waals surface area contributed by atoms with Crippen molar-refractivity contribution in [2.45, 2.75) is 17.6 Å². The maximum absolute atomic E-state index is 12.6. The highest BCUT2D eigenvalue weighted by atomic mass is 79.9. The van der Waals surface area contributed by atoms with Crippen LogP contribution < -0.4 is 0 Å². The number of carbonyl (C=O) groups excluding carboxylic acids is 1. The molecular weight excluding hydrogens is 432 g/mol. The minimum atomic E-state index is -3.48. The van der Waals surface area contributed by atoms with Gasteiger partial charge in [-0.05, 0) is 44.3 Å². The Morgan fingerprint density at radius 2 is 1.95 bits per heavy atom. The molecule has 1 saturated heterocycles. The summed E-state index contributed by atoms with van der Waals surface area (Å²) in [6.07, 6.45) is 0.659. The van der Waals surface area contributed by atoms with Gasteiger partial charge >= 0.3 is 0 Å². The van der Waals surface area contributed by atoms with Crippen molar-refractivity contribution < 1.29 is 13.2 Å². The first-order valence-corrected chi connectivity index (χ1v) is 9.87. The number of halogens is 2. The van der Waals surface area contributed by atoms with E-state index in [1.165, 1.54) is 22.6 Å². The second-order valence-corrected chi connectivity index (χ2v) is 9.84. The molecule has 1 aliphatic heterocycles. The molecule has 0 saturated carbocycles. The van der Waals surface area contributed by atoms with Gasteiger partial charge in [-0.3, -0.25) is 4.79 Å². The van der Waals surface area contributed by atoms with Gasteiger partial charge < -0.3 is 4.90 Å². The summed E-state index contributed by atoms with van der Waals surface area (Å²) in [5.41, 5.74) is 0.